The number of hydrogen-bond donors (Lipinski definition) is 1. The third kappa shape index (κ3) is 5.83. The lowest BCUT2D eigenvalue weighted by atomic mass is 10.2. The maximum atomic E-state index is 11.9. The number of hydrogen-bond acceptors (Lipinski definition) is 4. The van der Waals surface area contributed by atoms with Crippen molar-refractivity contribution in [1.82, 2.24) is 5.32 Å². The Kier molecular flexibility index (Phi) is 6.49. The molecule has 2 rings (SSSR count). The van der Waals surface area contributed by atoms with E-state index in [4.69, 9.17) is 14.2 Å². The molecule has 24 heavy (non-hydrogen) atoms. The molecule has 0 aromatic heterocycles. The predicted octanol–water partition coefficient (Wildman–Crippen LogP) is 2.97. The highest BCUT2D eigenvalue weighted by molar-refractivity contribution is 5.77. The summed E-state index contributed by atoms with van der Waals surface area (Å²) in [5.74, 6) is 1.87. The first-order valence-electron chi connectivity index (χ1n) is 7.82. The zero-order valence-corrected chi connectivity index (χ0v) is 14.2. The van der Waals surface area contributed by atoms with Gasteiger partial charge < -0.3 is 19.5 Å². The molecule has 0 fully saturated rings. The molecule has 0 saturated heterocycles. The SMILES string of the molecule is COc1cccc(OCC(=O)N[C@H](C)COc2ccc(C)cc2)c1. The molecular formula is C19H23NO4. The average molecular weight is 329 g/mol. The number of carbonyl (C=O) groups excluding carboxylic acids is 1. The number of aryl methyl sites for hydroxylation is 1. The van der Waals surface area contributed by atoms with Crippen molar-refractivity contribution < 1.29 is 19.0 Å². The van der Waals surface area contributed by atoms with Crippen LogP contribution in [-0.2, 0) is 4.79 Å². The molecule has 0 bridgehead atoms. The van der Waals surface area contributed by atoms with Gasteiger partial charge in [-0.15, -0.1) is 0 Å². The molecule has 0 aliphatic carbocycles. The fraction of sp³-hybridized carbons (Fsp3) is 0.316. The molecule has 0 spiro atoms. The van der Waals surface area contributed by atoms with Crippen molar-refractivity contribution in [2.24, 2.45) is 0 Å². The monoisotopic (exact) mass is 329 g/mol. The Hall–Kier alpha value is -2.69. The summed E-state index contributed by atoms with van der Waals surface area (Å²) < 4.78 is 16.2. The van der Waals surface area contributed by atoms with Crippen LogP contribution in [0.5, 0.6) is 17.2 Å². The van der Waals surface area contributed by atoms with E-state index in [2.05, 4.69) is 5.32 Å². The van der Waals surface area contributed by atoms with Gasteiger partial charge in [-0.05, 0) is 38.1 Å². The van der Waals surface area contributed by atoms with Gasteiger partial charge in [0.15, 0.2) is 6.61 Å². The average Bonchev–Trinajstić information content (AvgIpc) is 2.59. The fourth-order valence-electron chi connectivity index (χ4n) is 2.05. The summed E-state index contributed by atoms with van der Waals surface area (Å²) in [6.45, 7) is 4.25. The van der Waals surface area contributed by atoms with Crippen molar-refractivity contribution in [3.05, 3.63) is 54.1 Å². The highest BCUT2D eigenvalue weighted by Crippen LogP contribution is 2.18. The van der Waals surface area contributed by atoms with E-state index in [0.29, 0.717) is 18.1 Å². The van der Waals surface area contributed by atoms with Gasteiger partial charge in [0.25, 0.3) is 5.91 Å². The van der Waals surface area contributed by atoms with E-state index < -0.39 is 0 Å². The van der Waals surface area contributed by atoms with Crippen LogP contribution in [0.4, 0.5) is 0 Å². The van der Waals surface area contributed by atoms with E-state index >= 15 is 0 Å². The zero-order chi connectivity index (χ0) is 17.4. The van der Waals surface area contributed by atoms with Crippen molar-refractivity contribution in [2.75, 3.05) is 20.3 Å². The minimum Gasteiger partial charge on any atom is -0.497 e. The Morgan fingerprint density at radius 1 is 1.04 bits per heavy atom. The van der Waals surface area contributed by atoms with Crippen LogP contribution in [0.25, 0.3) is 0 Å². The van der Waals surface area contributed by atoms with Crippen LogP contribution < -0.4 is 19.5 Å². The second-order valence-corrected chi connectivity index (χ2v) is 5.56. The van der Waals surface area contributed by atoms with Crippen molar-refractivity contribution in [3.63, 3.8) is 0 Å². The van der Waals surface area contributed by atoms with Crippen molar-refractivity contribution in [3.8, 4) is 17.2 Å². The van der Waals surface area contributed by atoms with Crippen LogP contribution in [0.15, 0.2) is 48.5 Å². The summed E-state index contributed by atoms with van der Waals surface area (Å²) in [4.78, 5) is 11.9. The molecular weight excluding hydrogens is 306 g/mol. The van der Waals surface area contributed by atoms with Crippen molar-refractivity contribution in [2.45, 2.75) is 19.9 Å². The van der Waals surface area contributed by atoms with Crippen LogP contribution in [0.1, 0.15) is 12.5 Å². The maximum Gasteiger partial charge on any atom is 0.258 e. The highest BCUT2D eigenvalue weighted by atomic mass is 16.5. The summed E-state index contributed by atoms with van der Waals surface area (Å²) in [7, 11) is 1.58. The van der Waals surface area contributed by atoms with E-state index in [-0.39, 0.29) is 18.6 Å². The highest BCUT2D eigenvalue weighted by Gasteiger charge is 2.09. The second-order valence-electron chi connectivity index (χ2n) is 5.56. The number of carbonyl (C=O) groups is 1. The van der Waals surface area contributed by atoms with Gasteiger partial charge in [0.2, 0.25) is 0 Å². The minimum absolute atomic E-state index is 0.0535. The van der Waals surface area contributed by atoms with E-state index in [0.717, 1.165) is 5.75 Å². The Balaban J connectivity index is 1.71. The van der Waals surface area contributed by atoms with Gasteiger partial charge in [-0.3, -0.25) is 4.79 Å². The maximum absolute atomic E-state index is 11.9. The molecule has 0 unspecified atom stereocenters. The lowest BCUT2D eigenvalue weighted by molar-refractivity contribution is -0.123. The smallest absolute Gasteiger partial charge is 0.258 e. The van der Waals surface area contributed by atoms with Crippen LogP contribution in [0, 0.1) is 6.92 Å². The van der Waals surface area contributed by atoms with Gasteiger partial charge in [-0.2, -0.15) is 0 Å². The largest absolute Gasteiger partial charge is 0.497 e. The molecule has 1 N–H and O–H groups in total. The number of nitrogens with one attached hydrogen (secondary N) is 1. The number of rotatable bonds is 8. The summed E-state index contributed by atoms with van der Waals surface area (Å²) in [6, 6.07) is 14.8. The summed E-state index contributed by atoms with van der Waals surface area (Å²) in [6.07, 6.45) is 0. The van der Waals surface area contributed by atoms with E-state index in [9.17, 15) is 4.79 Å². The Labute approximate surface area is 142 Å². The minimum atomic E-state index is -0.196. The molecule has 0 saturated carbocycles. The molecule has 0 aliphatic rings. The van der Waals surface area contributed by atoms with Gasteiger partial charge in [0, 0.05) is 6.07 Å². The molecule has 2 aromatic carbocycles. The van der Waals surface area contributed by atoms with Gasteiger partial charge in [0.1, 0.15) is 23.9 Å². The van der Waals surface area contributed by atoms with Crippen LogP contribution >= 0.6 is 0 Å². The van der Waals surface area contributed by atoms with E-state index in [1.807, 2.05) is 50.2 Å². The first kappa shape index (κ1) is 17.7. The lowest BCUT2D eigenvalue weighted by Gasteiger charge is -2.15. The predicted molar refractivity (Wildman–Crippen MR) is 92.8 cm³/mol. The molecule has 5 heteroatoms. The zero-order valence-electron chi connectivity index (χ0n) is 14.2. The molecule has 1 atom stereocenters. The van der Waals surface area contributed by atoms with Gasteiger partial charge in [-0.25, -0.2) is 0 Å². The Morgan fingerprint density at radius 3 is 2.46 bits per heavy atom. The van der Waals surface area contributed by atoms with Crippen molar-refractivity contribution in [1.29, 1.82) is 0 Å². The van der Waals surface area contributed by atoms with E-state index in [1.54, 1.807) is 19.2 Å². The number of amides is 1. The van der Waals surface area contributed by atoms with Gasteiger partial charge >= 0.3 is 0 Å². The molecule has 5 nitrogen and oxygen atoms in total. The molecule has 2 aromatic rings. The molecule has 128 valence electrons. The quantitative estimate of drug-likeness (QED) is 0.809. The number of benzene rings is 2. The van der Waals surface area contributed by atoms with E-state index in [1.165, 1.54) is 5.56 Å². The number of ether oxygens (including phenoxy) is 3. The summed E-state index contributed by atoms with van der Waals surface area (Å²) >= 11 is 0. The molecule has 0 aliphatic heterocycles. The van der Waals surface area contributed by atoms with Crippen LogP contribution in [0.3, 0.4) is 0 Å². The molecule has 0 radical (unpaired) electrons. The molecule has 1 amide bonds. The van der Waals surface area contributed by atoms with Crippen LogP contribution in [-0.4, -0.2) is 32.3 Å². The molecule has 0 heterocycles. The Bertz CT molecular complexity index is 655. The second kappa shape index (κ2) is 8.82. The first-order chi connectivity index (χ1) is 11.6. The summed E-state index contributed by atoms with van der Waals surface area (Å²) in [5, 5.41) is 2.84. The first-order valence-corrected chi connectivity index (χ1v) is 7.82. The third-order valence-corrected chi connectivity index (χ3v) is 3.34. The van der Waals surface area contributed by atoms with Gasteiger partial charge in [-0.1, -0.05) is 23.8 Å². The summed E-state index contributed by atoms with van der Waals surface area (Å²) in [5.41, 5.74) is 1.18. The van der Waals surface area contributed by atoms with Crippen LogP contribution in [0.2, 0.25) is 0 Å². The fourth-order valence-corrected chi connectivity index (χ4v) is 2.05. The standard InChI is InChI=1S/C19H23NO4/c1-14-7-9-16(10-8-14)23-12-15(2)20-19(21)13-24-18-6-4-5-17(11-18)22-3/h4-11,15H,12-13H2,1-3H3,(H,20,21)/t15-/m1/s1. The van der Waals surface area contributed by atoms with Crippen molar-refractivity contribution >= 4 is 5.91 Å². The Morgan fingerprint density at radius 2 is 1.75 bits per heavy atom. The lowest BCUT2D eigenvalue weighted by Crippen LogP contribution is -2.39. The third-order valence-electron chi connectivity index (χ3n) is 3.34. The number of methoxy groups -OCH3 is 1. The topological polar surface area (TPSA) is 56.8 Å². The van der Waals surface area contributed by atoms with Gasteiger partial charge in [0.05, 0.1) is 13.2 Å². The normalized spacial score (nSPS) is 11.5.